The third kappa shape index (κ3) is 2.21. The van der Waals surface area contributed by atoms with E-state index in [2.05, 4.69) is 16.5 Å². The summed E-state index contributed by atoms with van der Waals surface area (Å²) in [5.41, 5.74) is 1.34. The van der Waals surface area contributed by atoms with Gasteiger partial charge < -0.3 is 24.6 Å². The molecule has 4 unspecified atom stereocenters. The summed E-state index contributed by atoms with van der Waals surface area (Å²) in [5, 5.41) is 39.7. The first-order valence-electron chi connectivity index (χ1n) is 7.00. The van der Waals surface area contributed by atoms with Crippen molar-refractivity contribution in [2.45, 2.75) is 31.0 Å². The molecular formula is C14H18N4O5. The molecule has 3 rings (SSSR count). The minimum atomic E-state index is -1.64. The fourth-order valence-corrected chi connectivity index (χ4v) is 2.92. The van der Waals surface area contributed by atoms with E-state index in [0.717, 1.165) is 0 Å². The summed E-state index contributed by atoms with van der Waals surface area (Å²) in [6.45, 7) is 4.70. The predicted molar refractivity (Wildman–Crippen MR) is 80.7 cm³/mol. The van der Waals surface area contributed by atoms with Crippen LogP contribution >= 0.6 is 0 Å². The maximum absolute atomic E-state index is 10.6. The van der Waals surface area contributed by atoms with Gasteiger partial charge in [-0.2, -0.15) is 0 Å². The Kier molecular flexibility index (Phi) is 3.82. The summed E-state index contributed by atoms with van der Waals surface area (Å²) >= 11 is 0. The molecule has 4 atom stereocenters. The lowest BCUT2D eigenvalue weighted by Gasteiger charge is -2.27. The minimum Gasteiger partial charge on any atom is -0.394 e. The molecule has 2 aromatic heterocycles. The van der Waals surface area contributed by atoms with Gasteiger partial charge in [-0.3, -0.25) is 10.7 Å². The van der Waals surface area contributed by atoms with Gasteiger partial charge in [0.1, 0.15) is 29.8 Å². The van der Waals surface area contributed by atoms with E-state index in [1.54, 1.807) is 12.3 Å². The average molecular weight is 322 g/mol. The average Bonchev–Trinajstić information content (AvgIpc) is 3.03. The molecule has 0 spiro atoms. The fourth-order valence-electron chi connectivity index (χ4n) is 2.92. The van der Waals surface area contributed by atoms with E-state index in [1.807, 2.05) is 5.48 Å². The number of rotatable bonds is 4. The van der Waals surface area contributed by atoms with Crippen LogP contribution in [0, 0.1) is 0 Å². The first-order valence-corrected chi connectivity index (χ1v) is 7.00. The first-order chi connectivity index (χ1) is 11.0. The molecule has 23 heavy (non-hydrogen) atoms. The number of aliphatic hydroxyl groups excluding tert-OH is 2. The van der Waals surface area contributed by atoms with Crippen LogP contribution in [0.4, 0.5) is 5.82 Å². The Morgan fingerprint density at radius 2 is 2.26 bits per heavy atom. The monoisotopic (exact) mass is 322 g/mol. The lowest BCUT2D eigenvalue weighted by Crippen LogP contribution is -2.44. The second kappa shape index (κ2) is 5.55. The van der Waals surface area contributed by atoms with Crippen molar-refractivity contribution in [3.05, 3.63) is 24.7 Å². The molecule has 2 aromatic rings. The number of aliphatic hydroxyl groups is 3. The van der Waals surface area contributed by atoms with Gasteiger partial charge in [-0.05, 0) is 6.92 Å². The summed E-state index contributed by atoms with van der Waals surface area (Å²) < 4.78 is 7.12. The Morgan fingerprint density at radius 3 is 2.83 bits per heavy atom. The van der Waals surface area contributed by atoms with E-state index >= 15 is 0 Å². The van der Waals surface area contributed by atoms with Crippen molar-refractivity contribution in [1.82, 2.24) is 14.5 Å². The predicted octanol–water partition coefficient (Wildman–Crippen LogP) is -0.123. The lowest BCUT2D eigenvalue weighted by atomic mass is 9.96. The van der Waals surface area contributed by atoms with Crippen molar-refractivity contribution >= 4 is 22.9 Å². The van der Waals surface area contributed by atoms with E-state index < -0.39 is 30.6 Å². The minimum absolute atomic E-state index is 0.181. The van der Waals surface area contributed by atoms with E-state index in [0.29, 0.717) is 16.6 Å². The molecule has 0 saturated carbocycles. The lowest BCUT2D eigenvalue weighted by molar-refractivity contribution is -0.0948. The van der Waals surface area contributed by atoms with Gasteiger partial charge in [-0.25, -0.2) is 9.97 Å². The highest BCUT2D eigenvalue weighted by Crippen LogP contribution is 2.41. The summed E-state index contributed by atoms with van der Waals surface area (Å²) in [5.74, 6) is 0.181. The third-order valence-corrected chi connectivity index (χ3v) is 4.15. The Bertz CT molecular complexity index is 744. The molecule has 1 aliphatic heterocycles. The van der Waals surface area contributed by atoms with Crippen LogP contribution in [0.3, 0.4) is 0 Å². The largest absolute Gasteiger partial charge is 0.394 e. The standard InChI is InChI=1S/C14H18N4O5/c1-3-7-4-18(12-9(7)11(17-22)15-6-16-12)13-14(2,21)10(20)8(5-19)23-13/h3-4,6,8,10,13,19-22H,1,5H2,2H3,(H,15,16,17). The van der Waals surface area contributed by atoms with Gasteiger partial charge >= 0.3 is 0 Å². The first kappa shape index (κ1) is 15.8. The summed E-state index contributed by atoms with van der Waals surface area (Å²) in [6, 6.07) is 0. The zero-order valence-corrected chi connectivity index (χ0v) is 12.4. The van der Waals surface area contributed by atoms with Gasteiger partial charge in [-0.15, -0.1) is 0 Å². The summed E-state index contributed by atoms with van der Waals surface area (Å²) in [7, 11) is 0. The molecule has 1 fully saturated rings. The van der Waals surface area contributed by atoms with Crippen molar-refractivity contribution in [2.24, 2.45) is 0 Å². The number of hydrogen-bond acceptors (Lipinski definition) is 8. The molecule has 124 valence electrons. The van der Waals surface area contributed by atoms with Crippen LogP contribution in [0.15, 0.2) is 19.1 Å². The number of nitrogens with zero attached hydrogens (tertiary/aromatic N) is 3. The van der Waals surface area contributed by atoms with E-state index in [4.69, 9.17) is 4.74 Å². The van der Waals surface area contributed by atoms with Crippen LogP contribution in [0.25, 0.3) is 17.1 Å². The van der Waals surface area contributed by atoms with Crippen LogP contribution in [0.1, 0.15) is 18.7 Å². The number of aromatic nitrogens is 3. The maximum Gasteiger partial charge on any atom is 0.167 e. The van der Waals surface area contributed by atoms with Crippen molar-refractivity contribution in [2.75, 3.05) is 12.1 Å². The van der Waals surface area contributed by atoms with Gasteiger partial charge in [-0.1, -0.05) is 12.7 Å². The van der Waals surface area contributed by atoms with Crippen LogP contribution < -0.4 is 5.48 Å². The molecular weight excluding hydrogens is 304 g/mol. The second-order valence-corrected chi connectivity index (χ2v) is 5.61. The molecule has 9 heteroatoms. The maximum atomic E-state index is 10.6. The molecule has 0 bridgehead atoms. The molecule has 0 aliphatic carbocycles. The highest BCUT2D eigenvalue weighted by molar-refractivity contribution is 5.95. The smallest absolute Gasteiger partial charge is 0.167 e. The molecule has 9 nitrogen and oxygen atoms in total. The number of ether oxygens (including phenoxy) is 1. The van der Waals surface area contributed by atoms with E-state index in [-0.39, 0.29) is 5.82 Å². The summed E-state index contributed by atoms with van der Waals surface area (Å²) in [4.78, 5) is 8.09. The molecule has 0 radical (unpaired) electrons. The highest BCUT2D eigenvalue weighted by atomic mass is 16.6. The zero-order chi connectivity index (χ0) is 16.8. The molecule has 0 amide bonds. The van der Waals surface area contributed by atoms with Crippen molar-refractivity contribution in [3.63, 3.8) is 0 Å². The second-order valence-electron chi connectivity index (χ2n) is 5.61. The SMILES string of the molecule is C=Cc1cn(C2OC(CO)C(O)C2(C)O)c2ncnc(NO)c12. The zero-order valence-electron chi connectivity index (χ0n) is 12.4. The number of fused-ring (bicyclic) bond motifs is 1. The van der Waals surface area contributed by atoms with E-state index in [1.165, 1.54) is 17.8 Å². The Morgan fingerprint density at radius 1 is 1.52 bits per heavy atom. The number of nitrogens with one attached hydrogen (secondary N) is 1. The molecule has 5 N–H and O–H groups in total. The van der Waals surface area contributed by atoms with Gasteiger partial charge in [0.05, 0.1) is 12.0 Å². The van der Waals surface area contributed by atoms with Crippen LogP contribution in [0.2, 0.25) is 0 Å². The molecule has 1 saturated heterocycles. The fraction of sp³-hybridized carbons (Fsp3) is 0.429. The summed E-state index contributed by atoms with van der Waals surface area (Å²) in [6.07, 6.45) is 1.25. The van der Waals surface area contributed by atoms with Crippen molar-refractivity contribution in [3.8, 4) is 0 Å². The Labute approximate surface area is 131 Å². The van der Waals surface area contributed by atoms with Gasteiger partial charge in [0.15, 0.2) is 12.0 Å². The van der Waals surface area contributed by atoms with Crippen molar-refractivity contribution < 1.29 is 25.3 Å². The van der Waals surface area contributed by atoms with Gasteiger partial charge in [0.2, 0.25) is 0 Å². The van der Waals surface area contributed by atoms with Crippen LogP contribution in [-0.4, -0.2) is 59.5 Å². The van der Waals surface area contributed by atoms with Crippen LogP contribution in [0.5, 0.6) is 0 Å². The normalized spacial score (nSPS) is 30.7. The molecule has 3 heterocycles. The Balaban J connectivity index is 2.19. The molecule has 0 aromatic carbocycles. The third-order valence-electron chi connectivity index (χ3n) is 4.15. The molecule has 1 aliphatic rings. The highest BCUT2D eigenvalue weighted by Gasteiger charge is 2.53. The topological polar surface area (TPSA) is 133 Å². The number of anilines is 1. The van der Waals surface area contributed by atoms with Gasteiger partial charge in [0.25, 0.3) is 0 Å². The number of hydrogen-bond donors (Lipinski definition) is 5. The quantitative estimate of drug-likeness (QED) is 0.492. The van der Waals surface area contributed by atoms with Crippen molar-refractivity contribution in [1.29, 1.82) is 0 Å². The Hall–Kier alpha value is -2.04. The van der Waals surface area contributed by atoms with Crippen LogP contribution in [-0.2, 0) is 4.74 Å². The van der Waals surface area contributed by atoms with E-state index in [9.17, 15) is 20.5 Å². The van der Waals surface area contributed by atoms with Gasteiger partial charge in [0, 0.05) is 11.8 Å².